The second-order valence-electron chi connectivity index (χ2n) is 4.90. The molecule has 114 valence electrons. The summed E-state index contributed by atoms with van der Waals surface area (Å²) in [5, 5.41) is 0. The lowest BCUT2D eigenvalue weighted by Crippen LogP contribution is -2.57. The summed E-state index contributed by atoms with van der Waals surface area (Å²) in [6, 6.07) is 1.29. The highest BCUT2D eigenvalue weighted by atomic mass is 19.1. The third kappa shape index (κ3) is 3.25. The van der Waals surface area contributed by atoms with Crippen LogP contribution >= 0.6 is 0 Å². The maximum atomic E-state index is 13.7. The van der Waals surface area contributed by atoms with Crippen LogP contribution in [-0.2, 0) is 9.53 Å². The Labute approximate surface area is 120 Å². The van der Waals surface area contributed by atoms with Crippen LogP contribution in [0.25, 0.3) is 0 Å². The minimum Gasteiger partial charge on any atom is -0.378 e. The van der Waals surface area contributed by atoms with Crippen molar-refractivity contribution in [3.8, 4) is 0 Å². The number of nitrogens with zero attached hydrogens (tertiary/aromatic N) is 1. The molecule has 5 nitrogen and oxygen atoms in total. The Hall–Kier alpha value is -1.86. The molecule has 0 aromatic heterocycles. The Kier molecular flexibility index (Phi) is 4.64. The summed E-state index contributed by atoms with van der Waals surface area (Å²) in [5.74, 6) is -2.80. The number of rotatable bonds is 4. The molecular weight excluding hydrogens is 282 g/mol. The largest absolute Gasteiger partial charge is 0.378 e. The van der Waals surface area contributed by atoms with Gasteiger partial charge in [-0.2, -0.15) is 0 Å². The minimum absolute atomic E-state index is 0.0961. The summed E-state index contributed by atoms with van der Waals surface area (Å²) in [5.41, 5.74) is 5.08. The zero-order valence-electron chi connectivity index (χ0n) is 11.5. The van der Waals surface area contributed by atoms with E-state index in [1.165, 1.54) is 0 Å². The van der Waals surface area contributed by atoms with Crippen LogP contribution in [0.2, 0.25) is 0 Å². The van der Waals surface area contributed by atoms with E-state index in [1.807, 2.05) is 0 Å². The third-order valence-electron chi connectivity index (χ3n) is 3.57. The highest BCUT2D eigenvalue weighted by Gasteiger charge is 2.35. The third-order valence-corrected chi connectivity index (χ3v) is 3.57. The average Bonchev–Trinajstić information content (AvgIpc) is 2.45. The van der Waals surface area contributed by atoms with Crippen LogP contribution in [0.5, 0.6) is 0 Å². The number of ketones is 1. The quantitative estimate of drug-likeness (QED) is 0.831. The lowest BCUT2D eigenvalue weighted by atomic mass is 10.0. The van der Waals surface area contributed by atoms with E-state index in [9.17, 15) is 18.4 Å². The zero-order valence-corrected chi connectivity index (χ0v) is 11.5. The van der Waals surface area contributed by atoms with E-state index in [4.69, 9.17) is 10.5 Å². The van der Waals surface area contributed by atoms with Crippen molar-refractivity contribution in [2.75, 3.05) is 19.8 Å². The minimum atomic E-state index is -0.921. The first-order valence-electron chi connectivity index (χ1n) is 6.54. The Morgan fingerprint density at radius 2 is 2.14 bits per heavy atom. The summed E-state index contributed by atoms with van der Waals surface area (Å²) in [7, 11) is 0. The molecule has 1 aliphatic heterocycles. The van der Waals surface area contributed by atoms with Crippen molar-refractivity contribution in [1.82, 2.24) is 4.90 Å². The van der Waals surface area contributed by atoms with Gasteiger partial charge in [0.25, 0.3) is 0 Å². The number of carbonyl (C=O) groups is 2. The first-order valence-corrected chi connectivity index (χ1v) is 6.54. The lowest BCUT2D eigenvalue weighted by Gasteiger charge is -2.37. The van der Waals surface area contributed by atoms with Crippen molar-refractivity contribution in [1.29, 1.82) is 0 Å². The zero-order chi connectivity index (χ0) is 15.6. The van der Waals surface area contributed by atoms with E-state index in [2.05, 4.69) is 0 Å². The second-order valence-corrected chi connectivity index (χ2v) is 4.90. The molecular formula is C14H16F2N2O3. The summed E-state index contributed by atoms with van der Waals surface area (Å²) < 4.78 is 31.8. The molecule has 1 amide bonds. The number of primary amides is 1. The van der Waals surface area contributed by atoms with E-state index in [0.29, 0.717) is 19.2 Å². The van der Waals surface area contributed by atoms with Crippen molar-refractivity contribution in [3.63, 3.8) is 0 Å². The Morgan fingerprint density at radius 1 is 1.43 bits per heavy atom. The Morgan fingerprint density at radius 3 is 2.76 bits per heavy atom. The number of halogens is 2. The van der Waals surface area contributed by atoms with Crippen molar-refractivity contribution in [2.24, 2.45) is 5.73 Å². The predicted molar refractivity (Wildman–Crippen MR) is 70.7 cm³/mol. The summed E-state index contributed by atoms with van der Waals surface area (Å²) in [6.07, 6.45) is 0. The number of hydrogen-bond donors (Lipinski definition) is 1. The van der Waals surface area contributed by atoms with Crippen LogP contribution in [-0.4, -0.2) is 48.4 Å². The van der Waals surface area contributed by atoms with E-state index >= 15 is 0 Å². The van der Waals surface area contributed by atoms with Crippen molar-refractivity contribution in [2.45, 2.75) is 19.0 Å². The summed E-state index contributed by atoms with van der Waals surface area (Å²) >= 11 is 0. The summed E-state index contributed by atoms with van der Waals surface area (Å²) in [4.78, 5) is 25.3. The molecule has 0 spiro atoms. The number of morpholine rings is 1. The topological polar surface area (TPSA) is 72.6 Å². The average molecular weight is 298 g/mol. The van der Waals surface area contributed by atoms with E-state index < -0.39 is 35.4 Å². The molecule has 1 aliphatic rings. The van der Waals surface area contributed by atoms with Gasteiger partial charge in [0.2, 0.25) is 5.91 Å². The van der Waals surface area contributed by atoms with Crippen LogP contribution < -0.4 is 5.73 Å². The highest BCUT2D eigenvalue weighted by Crippen LogP contribution is 2.18. The summed E-state index contributed by atoms with van der Waals surface area (Å²) in [6.45, 7) is 2.35. The van der Waals surface area contributed by atoms with E-state index in [-0.39, 0.29) is 12.2 Å². The van der Waals surface area contributed by atoms with Gasteiger partial charge in [-0.25, -0.2) is 8.78 Å². The van der Waals surface area contributed by atoms with Gasteiger partial charge < -0.3 is 10.5 Å². The van der Waals surface area contributed by atoms with Crippen LogP contribution in [0.3, 0.4) is 0 Å². The fourth-order valence-electron chi connectivity index (χ4n) is 2.39. The normalized spacial score (nSPS) is 21.0. The molecule has 0 saturated carbocycles. The number of nitrogens with two attached hydrogens (primary N) is 1. The van der Waals surface area contributed by atoms with Crippen molar-refractivity contribution >= 4 is 11.7 Å². The number of ether oxygens (including phenoxy) is 1. The molecule has 1 aromatic rings. The number of benzene rings is 1. The fourth-order valence-corrected chi connectivity index (χ4v) is 2.39. The molecule has 21 heavy (non-hydrogen) atoms. The van der Waals surface area contributed by atoms with Gasteiger partial charge in [-0.1, -0.05) is 0 Å². The molecule has 7 heteroatoms. The van der Waals surface area contributed by atoms with Gasteiger partial charge in [-0.05, 0) is 19.1 Å². The van der Waals surface area contributed by atoms with Gasteiger partial charge in [0.15, 0.2) is 5.78 Å². The van der Waals surface area contributed by atoms with Gasteiger partial charge in [-0.3, -0.25) is 14.5 Å². The van der Waals surface area contributed by atoms with Gasteiger partial charge >= 0.3 is 0 Å². The maximum absolute atomic E-state index is 13.7. The molecule has 1 fully saturated rings. The standard InChI is InChI=1S/C14H16F2N2O3/c1-8(18-4-5-21-7-12(18)14(17)20)13(19)10-3-2-9(15)6-11(10)16/h2-3,6,8,12H,4-5,7H2,1H3,(H2,17,20). The molecule has 2 atom stereocenters. The van der Waals surface area contributed by atoms with Crippen LogP contribution in [0.15, 0.2) is 18.2 Å². The Bertz CT molecular complexity index is 565. The van der Waals surface area contributed by atoms with Gasteiger partial charge in [0.1, 0.15) is 17.7 Å². The monoisotopic (exact) mass is 298 g/mol. The van der Waals surface area contributed by atoms with Crippen molar-refractivity contribution < 1.29 is 23.1 Å². The number of carbonyl (C=O) groups excluding carboxylic acids is 2. The smallest absolute Gasteiger partial charge is 0.237 e. The predicted octanol–water partition coefficient (Wildman–Crippen LogP) is 0.722. The molecule has 2 N–H and O–H groups in total. The van der Waals surface area contributed by atoms with Gasteiger partial charge in [0, 0.05) is 12.6 Å². The lowest BCUT2D eigenvalue weighted by molar-refractivity contribution is -0.130. The highest BCUT2D eigenvalue weighted by molar-refractivity contribution is 6.00. The van der Waals surface area contributed by atoms with Gasteiger partial charge in [0.05, 0.1) is 24.8 Å². The molecule has 2 unspecified atom stereocenters. The number of Topliss-reactive ketones (excluding diaryl/α,β-unsaturated/α-hetero) is 1. The van der Waals surface area contributed by atoms with Crippen LogP contribution in [0.4, 0.5) is 8.78 Å². The molecule has 1 heterocycles. The molecule has 0 bridgehead atoms. The first-order chi connectivity index (χ1) is 9.91. The molecule has 0 aliphatic carbocycles. The van der Waals surface area contributed by atoms with Gasteiger partial charge in [-0.15, -0.1) is 0 Å². The van der Waals surface area contributed by atoms with Crippen LogP contribution in [0.1, 0.15) is 17.3 Å². The van der Waals surface area contributed by atoms with E-state index in [0.717, 1.165) is 12.1 Å². The molecule has 0 radical (unpaired) electrons. The molecule has 2 rings (SSSR count). The number of amides is 1. The maximum Gasteiger partial charge on any atom is 0.237 e. The van der Waals surface area contributed by atoms with Crippen molar-refractivity contribution in [3.05, 3.63) is 35.4 Å². The molecule has 1 aromatic carbocycles. The Balaban J connectivity index is 2.23. The fraction of sp³-hybridized carbons (Fsp3) is 0.429. The second kappa shape index (κ2) is 6.28. The SMILES string of the molecule is CC(C(=O)c1ccc(F)cc1F)N1CCOCC1C(N)=O. The van der Waals surface area contributed by atoms with E-state index in [1.54, 1.807) is 11.8 Å². The number of hydrogen-bond acceptors (Lipinski definition) is 4. The molecule has 1 saturated heterocycles. The van der Waals surface area contributed by atoms with Crippen LogP contribution in [0, 0.1) is 11.6 Å². The first kappa shape index (κ1) is 15.5.